The van der Waals surface area contributed by atoms with E-state index in [1.54, 1.807) is 36.1 Å². The molecular formula is C19H18N4O2. The van der Waals surface area contributed by atoms with Gasteiger partial charge in [-0.25, -0.2) is 4.68 Å². The monoisotopic (exact) mass is 334 g/mol. The molecule has 4 rings (SSSR count). The fraction of sp³-hybridized carbons (Fsp3) is 0.211. The summed E-state index contributed by atoms with van der Waals surface area (Å²) in [5.41, 5.74) is 2.89. The van der Waals surface area contributed by atoms with Crippen LogP contribution in [0.5, 0.6) is 5.75 Å². The molecule has 1 fully saturated rings. The minimum absolute atomic E-state index is 0.241. The summed E-state index contributed by atoms with van der Waals surface area (Å²) in [5.74, 6) is 0.841. The topological polar surface area (TPSA) is 69.0 Å². The number of anilines is 1. The molecule has 1 heterocycles. The average Bonchev–Trinajstić information content (AvgIpc) is 3.40. The number of rotatable bonds is 5. The second-order valence-corrected chi connectivity index (χ2v) is 6.03. The third-order valence-electron chi connectivity index (χ3n) is 4.23. The summed E-state index contributed by atoms with van der Waals surface area (Å²) in [4.78, 5) is 12.7. The van der Waals surface area contributed by atoms with Crippen molar-refractivity contribution in [1.82, 2.24) is 15.0 Å². The Morgan fingerprint density at radius 2 is 1.84 bits per heavy atom. The summed E-state index contributed by atoms with van der Waals surface area (Å²) in [6.45, 7) is 0. The summed E-state index contributed by atoms with van der Waals surface area (Å²) in [5, 5.41) is 11.3. The van der Waals surface area contributed by atoms with Gasteiger partial charge in [0, 0.05) is 11.6 Å². The van der Waals surface area contributed by atoms with Crippen molar-refractivity contribution in [3.63, 3.8) is 0 Å². The lowest BCUT2D eigenvalue weighted by Crippen LogP contribution is -2.15. The van der Waals surface area contributed by atoms with Gasteiger partial charge in [-0.1, -0.05) is 23.4 Å². The van der Waals surface area contributed by atoms with Crippen molar-refractivity contribution in [3.8, 4) is 11.4 Å². The van der Waals surface area contributed by atoms with Crippen LogP contribution in [0.3, 0.4) is 0 Å². The van der Waals surface area contributed by atoms with Crippen molar-refractivity contribution < 1.29 is 9.53 Å². The molecule has 1 aromatic heterocycles. The van der Waals surface area contributed by atoms with Gasteiger partial charge in [0.05, 0.1) is 18.5 Å². The van der Waals surface area contributed by atoms with E-state index < -0.39 is 0 Å². The smallest absolute Gasteiger partial charge is 0.278 e. The number of methoxy groups -OCH3 is 1. The molecule has 6 heteroatoms. The first-order valence-corrected chi connectivity index (χ1v) is 8.22. The van der Waals surface area contributed by atoms with Crippen LogP contribution in [0.2, 0.25) is 0 Å². The van der Waals surface area contributed by atoms with E-state index >= 15 is 0 Å². The minimum Gasteiger partial charge on any atom is -0.497 e. The van der Waals surface area contributed by atoms with Crippen molar-refractivity contribution in [3.05, 3.63) is 66.0 Å². The number of nitrogens with one attached hydrogen (secondary N) is 1. The highest BCUT2D eigenvalue weighted by molar-refractivity contribution is 6.03. The molecule has 2 aromatic carbocycles. The lowest BCUT2D eigenvalue weighted by atomic mass is 10.2. The van der Waals surface area contributed by atoms with Gasteiger partial charge in [-0.3, -0.25) is 4.79 Å². The largest absolute Gasteiger partial charge is 0.497 e. The van der Waals surface area contributed by atoms with Crippen LogP contribution in [0, 0.1) is 0 Å². The van der Waals surface area contributed by atoms with Crippen molar-refractivity contribution >= 4 is 11.6 Å². The molecule has 0 saturated heterocycles. The zero-order valence-electron chi connectivity index (χ0n) is 13.8. The van der Waals surface area contributed by atoms with E-state index in [0.29, 0.717) is 17.3 Å². The van der Waals surface area contributed by atoms with E-state index in [1.165, 1.54) is 0 Å². The number of aromatic nitrogens is 3. The molecule has 0 atom stereocenters. The number of nitrogens with zero attached hydrogens (tertiary/aromatic N) is 3. The molecule has 0 unspecified atom stereocenters. The van der Waals surface area contributed by atoms with E-state index in [4.69, 9.17) is 4.74 Å². The van der Waals surface area contributed by atoms with E-state index in [2.05, 4.69) is 15.6 Å². The Morgan fingerprint density at radius 3 is 2.48 bits per heavy atom. The van der Waals surface area contributed by atoms with Crippen LogP contribution in [-0.4, -0.2) is 28.0 Å². The second-order valence-electron chi connectivity index (χ2n) is 6.03. The molecule has 6 nitrogen and oxygen atoms in total. The highest BCUT2D eigenvalue weighted by atomic mass is 16.5. The Balaban J connectivity index is 1.63. The third-order valence-corrected chi connectivity index (χ3v) is 4.23. The van der Waals surface area contributed by atoms with Crippen LogP contribution in [-0.2, 0) is 0 Å². The lowest BCUT2D eigenvalue weighted by molar-refractivity contribution is 0.102. The fourth-order valence-corrected chi connectivity index (χ4v) is 2.80. The Bertz CT molecular complexity index is 884. The molecule has 0 radical (unpaired) electrons. The van der Waals surface area contributed by atoms with Gasteiger partial charge in [0.1, 0.15) is 5.75 Å². The molecule has 0 bridgehead atoms. The summed E-state index contributed by atoms with van der Waals surface area (Å²) >= 11 is 0. The molecule has 1 N–H and O–H groups in total. The van der Waals surface area contributed by atoms with Crippen molar-refractivity contribution in [2.75, 3.05) is 12.4 Å². The molecule has 1 saturated carbocycles. The number of ether oxygens (including phenoxy) is 1. The number of amides is 1. The summed E-state index contributed by atoms with van der Waals surface area (Å²) < 4.78 is 6.91. The average molecular weight is 334 g/mol. The van der Waals surface area contributed by atoms with Crippen LogP contribution >= 0.6 is 0 Å². The SMILES string of the molecule is COc1ccc(NC(=O)c2nnn(-c3ccccc3)c2C2CC2)cc1. The molecule has 25 heavy (non-hydrogen) atoms. The Hall–Kier alpha value is -3.15. The molecule has 0 spiro atoms. The highest BCUT2D eigenvalue weighted by Crippen LogP contribution is 2.42. The highest BCUT2D eigenvalue weighted by Gasteiger charge is 2.34. The van der Waals surface area contributed by atoms with Crippen LogP contribution in [0.25, 0.3) is 5.69 Å². The maximum absolute atomic E-state index is 12.7. The fourth-order valence-electron chi connectivity index (χ4n) is 2.80. The maximum atomic E-state index is 12.7. The molecule has 0 aliphatic heterocycles. The van der Waals surface area contributed by atoms with Gasteiger partial charge in [0.25, 0.3) is 5.91 Å². The van der Waals surface area contributed by atoms with Crippen LogP contribution in [0.4, 0.5) is 5.69 Å². The zero-order valence-corrected chi connectivity index (χ0v) is 13.8. The lowest BCUT2D eigenvalue weighted by Gasteiger charge is -2.08. The molecular weight excluding hydrogens is 316 g/mol. The Labute approximate surface area is 145 Å². The number of carbonyl (C=O) groups is 1. The van der Waals surface area contributed by atoms with Gasteiger partial charge in [-0.15, -0.1) is 5.10 Å². The van der Waals surface area contributed by atoms with Crippen molar-refractivity contribution in [2.45, 2.75) is 18.8 Å². The first kappa shape index (κ1) is 15.4. The molecule has 1 aliphatic rings. The normalized spacial score (nSPS) is 13.5. The van der Waals surface area contributed by atoms with E-state index in [0.717, 1.165) is 30.0 Å². The van der Waals surface area contributed by atoms with Crippen LogP contribution in [0.1, 0.15) is 34.9 Å². The van der Waals surface area contributed by atoms with Gasteiger partial charge in [-0.2, -0.15) is 0 Å². The predicted molar refractivity (Wildman–Crippen MR) is 94.3 cm³/mol. The van der Waals surface area contributed by atoms with Gasteiger partial charge in [0.15, 0.2) is 5.69 Å². The molecule has 126 valence electrons. The predicted octanol–water partition coefficient (Wildman–Crippen LogP) is 3.41. The number of hydrogen-bond donors (Lipinski definition) is 1. The third kappa shape index (κ3) is 3.10. The van der Waals surface area contributed by atoms with E-state index in [-0.39, 0.29) is 5.91 Å². The second kappa shape index (κ2) is 6.39. The van der Waals surface area contributed by atoms with Gasteiger partial charge in [-0.05, 0) is 49.2 Å². The van der Waals surface area contributed by atoms with E-state index in [9.17, 15) is 4.79 Å². The number of benzene rings is 2. The zero-order chi connectivity index (χ0) is 17.2. The summed E-state index contributed by atoms with van der Waals surface area (Å²) in [6, 6.07) is 17.0. The first-order chi connectivity index (χ1) is 12.3. The van der Waals surface area contributed by atoms with E-state index in [1.807, 2.05) is 30.3 Å². The van der Waals surface area contributed by atoms with Crippen molar-refractivity contribution in [1.29, 1.82) is 0 Å². The molecule has 1 aliphatic carbocycles. The van der Waals surface area contributed by atoms with Gasteiger partial charge in [0.2, 0.25) is 0 Å². The maximum Gasteiger partial charge on any atom is 0.278 e. The Kier molecular flexibility index (Phi) is 3.93. The van der Waals surface area contributed by atoms with Crippen LogP contribution in [0.15, 0.2) is 54.6 Å². The first-order valence-electron chi connectivity index (χ1n) is 8.22. The van der Waals surface area contributed by atoms with Gasteiger partial charge < -0.3 is 10.1 Å². The summed E-state index contributed by atoms with van der Waals surface area (Å²) in [6.07, 6.45) is 2.12. The number of hydrogen-bond acceptors (Lipinski definition) is 4. The van der Waals surface area contributed by atoms with Gasteiger partial charge >= 0.3 is 0 Å². The quantitative estimate of drug-likeness (QED) is 0.776. The molecule has 1 amide bonds. The standard InChI is InChI=1S/C19H18N4O2/c1-25-16-11-9-14(10-12-16)20-19(24)17-18(13-7-8-13)23(22-21-17)15-5-3-2-4-6-15/h2-6,9-13H,7-8H2,1H3,(H,20,24). The number of carbonyl (C=O) groups excluding carboxylic acids is 1. The minimum atomic E-state index is -0.241. The van der Waals surface area contributed by atoms with Crippen molar-refractivity contribution in [2.24, 2.45) is 0 Å². The van der Waals surface area contributed by atoms with Crippen LogP contribution < -0.4 is 10.1 Å². The Morgan fingerprint density at radius 1 is 1.12 bits per heavy atom. The summed E-state index contributed by atoms with van der Waals surface area (Å²) in [7, 11) is 1.61. The number of para-hydroxylation sites is 1. The molecule has 3 aromatic rings.